The minimum Gasteiger partial charge on any atom is -0.493 e. The van der Waals surface area contributed by atoms with E-state index in [9.17, 15) is 4.79 Å². The van der Waals surface area contributed by atoms with Gasteiger partial charge in [0.1, 0.15) is 0 Å². The third-order valence-corrected chi connectivity index (χ3v) is 5.13. The summed E-state index contributed by atoms with van der Waals surface area (Å²) >= 11 is 6.61. The standard InChI is InChI=1S/C24H19ClN2O3/c1-29-21-12-6-7-13-22(21)30-15-23(28)27-26-14-20-16-8-2-4-10-18(16)24(25)19-11-5-3-9-17(19)20/h2-14H,15H2,1H3,(H,27,28)/b26-14-. The number of rotatable bonds is 6. The van der Waals surface area contributed by atoms with Crippen molar-refractivity contribution in [1.29, 1.82) is 0 Å². The van der Waals surface area contributed by atoms with Gasteiger partial charge in [0, 0.05) is 16.3 Å². The van der Waals surface area contributed by atoms with Gasteiger partial charge in [0.05, 0.1) is 18.3 Å². The van der Waals surface area contributed by atoms with Crippen LogP contribution in [0.4, 0.5) is 0 Å². The van der Waals surface area contributed by atoms with Gasteiger partial charge in [-0.25, -0.2) is 5.43 Å². The maximum atomic E-state index is 12.2. The molecule has 0 aromatic heterocycles. The Balaban J connectivity index is 1.55. The first-order valence-corrected chi connectivity index (χ1v) is 9.73. The van der Waals surface area contributed by atoms with Crippen molar-refractivity contribution in [3.05, 3.63) is 83.4 Å². The minimum absolute atomic E-state index is 0.181. The van der Waals surface area contributed by atoms with E-state index in [0.717, 1.165) is 27.1 Å². The number of hydrogen-bond acceptors (Lipinski definition) is 4. The topological polar surface area (TPSA) is 59.9 Å². The van der Waals surface area contributed by atoms with E-state index >= 15 is 0 Å². The highest BCUT2D eigenvalue weighted by atomic mass is 35.5. The van der Waals surface area contributed by atoms with Crippen LogP contribution >= 0.6 is 11.6 Å². The van der Waals surface area contributed by atoms with Crippen molar-refractivity contribution >= 4 is 45.3 Å². The molecule has 0 bridgehead atoms. The predicted molar refractivity (Wildman–Crippen MR) is 121 cm³/mol. The molecular weight excluding hydrogens is 400 g/mol. The second-order valence-electron chi connectivity index (χ2n) is 6.55. The Morgan fingerprint density at radius 2 is 1.43 bits per heavy atom. The number of ether oxygens (including phenoxy) is 2. The molecule has 150 valence electrons. The molecule has 0 saturated carbocycles. The summed E-state index contributed by atoms with van der Waals surface area (Å²) in [5, 5.41) is 8.64. The largest absolute Gasteiger partial charge is 0.493 e. The second-order valence-corrected chi connectivity index (χ2v) is 6.93. The maximum Gasteiger partial charge on any atom is 0.277 e. The monoisotopic (exact) mass is 418 g/mol. The van der Waals surface area contributed by atoms with E-state index in [4.69, 9.17) is 21.1 Å². The van der Waals surface area contributed by atoms with Crippen LogP contribution < -0.4 is 14.9 Å². The van der Waals surface area contributed by atoms with E-state index in [2.05, 4.69) is 10.5 Å². The third kappa shape index (κ3) is 3.93. The van der Waals surface area contributed by atoms with Crippen molar-refractivity contribution in [2.45, 2.75) is 0 Å². The second kappa shape index (κ2) is 8.84. The van der Waals surface area contributed by atoms with Gasteiger partial charge in [0.15, 0.2) is 18.1 Å². The maximum absolute atomic E-state index is 12.2. The molecule has 0 aliphatic carbocycles. The minimum atomic E-state index is -0.375. The number of benzene rings is 4. The molecule has 4 aromatic carbocycles. The van der Waals surface area contributed by atoms with E-state index < -0.39 is 0 Å². The van der Waals surface area contributed by atoms with Gasteiger partial charge < -0.3 is 9.47 Å². The summed E-state index contributed by atoms with van der Waals surface area (Å²) in [6, 6.07) is 22.9. The SMILES string of the molecule is COc1ccccc1OCC(=O)N/N=C\c1c2ccccc2c(Cl)c2ccccc12. The van der Waals surface area contributed by atoms with E-state index in [1.165, 1.54) is 0 Å². The number of hydrazone groups is 1. The number of amides is 1. The Labute approximate surface area is 178 Å². The zero-order chi connectivity index (χ0) is 20.9. The fourth-order valence-corrected chi connectivity index (χ4v) is 3.66. The van der Waals surface area contributed by atoms with Gasteiger partial charge in [-0.3, -0.25) is 4.79 Å². The molecule has 6 heteroatoms. The average Bonchev–Trinajstić information content (AvgIpc) is 2.80. The van der Waals surface area contributed by atoms with E-state index in [1.54, 1.807) is 25.5 Å². The third-order valence-electron chi connectivity index (χ3n) is 4.72. The number of hydrogen-bond donors (Lipinski definition) is 1. The first-order valence-electron chi connectivity index (χ1n) is 9.35. The van der Waals surface area contributed by atoms with Gasteiger partial charge in [-0.2, -0.15) is 5.10 Å². The van der Waals surface area contributed by atoms with Crippen LogP contribution in [0.25, 0.3) is 21.5 Å². The number of carbonyl (C=O) groups excluding carboxylic acids is 1. The first-order chi connectivity index (χ1) is 14.7. The van der Waals surface area contributed by atoms with Gasteiger partial charge in [0.2, 0.25) is 0 Å². The number of carbonyl (C=O) groups is 1. The van der Waals surface area contributed by atoms with Crippen molar-refractivity contribution in [2.24, 2.45) is 5.10 Å². The Kier molecular flexibility index (Phi) is 5.82. The van der Waals surface area contributed by atoms with Gasteiger partial charge in [0.25, 0.3) is 5.91 Å². The average molecular weight is 419 g/mol. The van der Waals surface area contributed by atoms with Crippen molar-refractivity contribution in [2.75, 3.05) is 13.7 Å². The lowest BCUT2D eigenvalue weighted by molar-refractivity contribution is -0.123. The molecule has 5 nitrogen and oxygen atoms in total. The van der Waals surface area contributed by atoms with Crippen LogP contribution in [0.15, 0.2) is 77.9 Å². The fourth-order valence-electron chi connectivity index (χ4n) is 3.33. The van der Waals surface area contributed by atoms with E-state index in [0.29, 0.717) is 16.5 Å². The molecule has 30 heavy (non-hydrogen) atoms. The molecule has 0 unspecified atom stereocenters. The molecular formula is C24H19ClN2O3. The van der Waals surface area contributed by atoms with Crippen LogP contribution in [0.3, 0.4) is 0 Å². The number of para-hydroxylation sites is 2. The molecule has 0 fully saturated rings. The predicted octanol–water partition coefficient (Wildman–Crippen LogP) is 5.18. The number of halogens is 1. The highest BCUT2D eigenvalue weighted by Crippen LogP contribution is 2.35. The molecule has 4 rings (SSSR count). The molecule has 1 amide bonds. The number of nitrogens with zero attached hydrogens (tertiary/aromatic N) is 1. The lowest BCUT2D eigenvalue weighted by atomic mass is 9.97. The molecule has 0 atom stereocenters. The molecule has 0 aliphatic heterocycles. The zero-order valence-electron chi connectivity index (χ0n) is 16.3. The Hall–Kier alpha value is -3.57. The highest BCUT2D eigenvalue weighted by molar-refractivity contribution is 6.42. The zero-order valence-corrected chi connectivity index (χ0v) is 17.0. The van der Waals surface area contributed by atoms with Crippen LogP contribution in [0.2, 0.25) is 5.02 Å². The molecule has 0 spiro atoms. The first kappa shape index (κ1) is 19.7. The van der Waals surface area contributed by atoms with Gasteiger partial charge in [-0.15, -0.1) is 0 Å². The van der Waals surface area contributed by atoms with Crippen molar-refractivity contribution < 1.29 is 14.3 Å². The van der Waals surface area contributed by atoms with Crippen LogP contribution in [-0.4, -0.2) is 25.8 Å². The number of methoxy groups -OCH3 is 1. The lowest BCUT2D eigenvalue weighted by Gasteiger charge is -2.11. The van der Waals surface area contributed by atoms with E-state index in [-0.39, 0.29) is 12.5 Å². The number of fused-ring (bicyclic) bond motifs is 2. The van der Waals surface area contributed by atoms with Crippen LogP contribution in [0, 0.1) is 0 Å². The Bertz CT molecular complexity index is 1200. The molecule has 0 aliphatic rings. The Morgan fingerprint density at radius 3 is 2.03 bits per heavy atom. The highest BCUT2D eigenvalue weighted by Gasteiger charge is 2.11. The summed E-state index contributed by atoms with van der Waals surface area (Å²) in [4.78, 5) is 12.2. The van der Waals surface area contributed by atoms with Crippen LogP contribution in [0.5, 0.6) is 11.5 Å². The lowest BCUT2D eigenvalue weighted by Crippen LogP contribution is -2.24. The molecule has 4 aromatic rings. The van der Waals surface area contributed by atoms with Gasteiger partial charge >= 0.3 is 0 Å². The fraction of sp³-hybridized carbons (Fsp3) is 0.0833. The summed E-state index contributed by atoms with van der Waals surface area (Å²) in [6.07, 6.45) is 1.64. The van der Waals surface area contributed by atoms with E-state index in [1.807, 2.05) is 60.7 Å². The normalized spacial score (nSPS) is 11.1. The smallest absolute Gasteiger partial charge is 0.277 e. The van der Waals surface area contributed by atoms with Crippen molar-refractivity contribution in [1.82, 2.24) is 5.43 Å². The van der Waals surface area contributed by atoms with Crippen LogP contribution in [-0.2, 0) is 4.79 Å². The van der Waals surface area contributed by atoms with Crippen LogP contribution in [0.1, 0.15) is 5.56 Å². The van der Waals surface area contributed by atoms with Crippen molar-refractivity contribution in [3.8, 4) is 11.5 Å². The van der Waals surface area contributed by atoms with Gasteiger partial charge in [-0.1, -0.05) is 72.3 Å². The summed E-state index contributed by atoms with van der Waals surface area (Å²) in [5.74, 6) is 0.682. The molecule has 0 heterocycles. The van der Waals surface area contributed by atoms with Gasteiger partial charge in [-0.05, 0) is 22.9 Å². The summed E-state index contributed by atoms with van der Waals surface area (Å²) in [6.45, 7) is -0.181. The van der Waals surface area contributed by atoms with Crippen molar-refractivity contribution in [3.63, 3.8) is 0 Å². The number of nitrogens with one attached hydrogen (secondary N) is 1. The summed E-state index contributed by atoms with van der Waals surface area (Å²) in [7, 11) is 1.55. The Morgan fingerprint density at radius 1 is 0.900 bits per heavy atom. The summed E-state index contributed by atoms with van der Waals surface area (Å²) in [5.41, 5.74) is 3.40. The molecule has 0 saturated heterocycles. The molecule has 0 radical (unpaired) electrons. The summed E-state index contributed by atoms with van der Waals surface area (Å²) < 4.78 is 10.7. The quantitative estimate of drug-likeness (QED) is 0.266. The molecule has 1 N–H and O–H groups in total.